The van der Waals surface area contributed by atoms with Crippen LogP contribution in [-0.2, 0) is 0 Å². The third-order valence-corrected chi connectivity index (χ3v) is 3.26. The summed E-state index contributed by atoms with van der Waals surface area (Å²) in [5.41, 5.74) is -1.30. The molecule has 1 N–H and O–H groups in total. The Morgan fingerprint density at radius 2 is 2.35 bits per heavy atom. The molecular formula is C10H8N4O2S. The maximum atomic E-state index is 11.6. The second-order valence-corrected chi connectivity index (χ2v) is 4.29. The van der Waals surface area contributed by atoms with Crippen LogP contribution in [0.4, 0.5) is 0 Å². The molecule has 17 heavy (non-hydrogen) atoms. The lowest BCUT2D eigenvalue weighted by Gasteiger charge is -2.11. The van der Waals surface area contributed by atoms with Crippen LogP contribution in [0.1, 0.15) is 23.5 Å². The fraction of sp³-hybridized carbons (Fsp3) is 0.200. The minimum absolute atomic E-state index is 0.0898. The number of aromatic amines is 1. The molecule has 0 aliphatic heterocycles. The summed E-state index contributed by atoms with van der Waals surface area (Å²) in [6.07, 6.45) is 2.89. The molecule has 0 bridgehead atoms. The summed E-state index contributed by atoms with van der Waals surface area (Å²) < 4.78 is 1.29. The average Bonchev–Trinajstić information content (AvgIpc) is 2.82. The number of hydrogen-bond donors (Lipinski definition) is 1. The van der Waals surface area contributed by atoms with Gasteiger partial charge in [-0.1, -0.05) is 0 Å². The summed E-state index contributed by atoms with van der Waals surface area (Å²) in [7, 11) is 0. The second-order valence-electron chi connectivity index (χ2n) is 3.37. The Hall–Kier alpha value is -2.20. The number of thiazole rings is 1. The molecular weight excluding hydrogens is 240 g/mol. The van der Waals surface area contributed by atoms with Crippen LogP contribution in [0.2, 0.25) is 0 Å². The van der Waals surface area contributed by atoms with Crippen molar-refractivity contribution in [3.8, 4) is 6.07 Å². The number of hydrogen-bond acceptors (Lipinski definition) is 5. The fourth-order valence-electron chi connectivity index (χ4n) is 1.41. The zero-order chi connectivity index (χ0) is 12.4. The minimum Gasteiger partial charge on any atom is -0.290 e. The Morgan fingerprint density at radius 1 is 1.59 bits per heavy atom. The predicted molar refractivity (Wildman–Crippen MR) is 62.0 cm³/mol. The predicted octanol–water partition coefficient (Wildman–Crippen LogP) is 0.474. The van der Waals surface area contributed by atoms with E-state index < -0.39 is 11.2 Å². The van der Waals surface area contributed by atoms with Gasteiger partial charge in [0, 0.05) is 17.8 Å². The third kappa shape index (κ3) is 2.03. The van der Waals surface area contributed by atoms with Crippen LogP contribution < -0.4 is 11.2 Å². The molecule has 2 heterocycles. The molecule has 86 valence electrons. The van der Waals surface area contributed by atoms with Crippen LogP contribution in [0.5, 0.6) is 0 Å². The first-order valence-electron chi connectivity index (χ1n) is 4.78. The Bertz CT molecular complexity index is 678. The Kier molecular flexibility index (Phi) is 2.89. The molecule has 0 spiro atoms. The fourth-order valence-corrected chi connectivity index (χ4v) is 2.11. The molecule has 0 saturated carbocycles. The zero-order valence-corrected chi connectivity index (χ0v) is 9.69. The summed E-state index contributed by atoms with van der Waals surface area (Å²) in [5.74, 6) is 0. The van der Waals surface area contributed by atoms with Gasteiger partial charge in [-0.15, -0.1) is 11.3 Å². The lowest BCUT2D eigenvalue weighted by Crippen LogP contribution is -2.33. The van der Waals surface area contributed by atoms with Gasteiger partial charge in [0.2, 0.25) is 0 Å². The molecule has 0 radical (unpaired) electrons. The van der Waals surface area contributed by atoms with E-state index in [1.807, 2.05) is 0 Å². The summed E-state index contributed by atoms with van der Waals surface area (Å²) in [5, 5.41) is 11.3. The molecule has 0 aliphatic rings. The van der Waals surface area contributed by atoms with Crippen molar-refractivity contribution >= 4 is 11.3 Å². The van der Waals surface area contributed by atoms with Crippen molar-refractivity contribution in [2.75, 3.05) is 0 Å². The smallest absolute Gasteiger partial charge is 0.290 e. The number of H-pyrrole nitrogens is 1. The molecule has 1 atom stereocenters. The summed E-state index contributed by atoms with van der Waals surface area (Å²) in [6, 6.07) is 1.43. The molecule has 2 rings (SSSR count). The number of nitrogens with zero attached hydrogens (tertiary/aromatic N) is 3. The molecule has 0 aromatic carbocycles. The van der Waals surface area contributed by atoms with Gasteiger partial charge in [0.05, 0.1) is 6.04 Å². The van der Waals surface area contributed by atoms with Gasteiger partial charge in [0.1, 0.15) is 16.6 Å². The van der Waals surface area contributed by atoms with Crippen LogP contribution in [0.15, 0.2) is 27.4 Å². The summed E-state index contributed by atoms with van der Waals surface area (Å²) in [6.45, 7) is 1.78. The number of nitriles is 1. The molecule has 0 aliphatic carbocycles. The maximum Gasteiger partial charge on any atom is 0.329 e. The van der Waals surface area contributed by atoms with E-state index in [9.17, 15) is 9.59 Å². The van der Waals surface area contributed by atoms with Crippen LogP contribution in [0.25, 0.3) is 0 Å². The summed E-state index contributed by atoms with van der Waals surface area (Å²) >= 11 is 1.41. The van der Waals surface area contributed by atoms with Gasteiger partial charge in [-0.3, -0.25) is 14.3 Å². The monoisotopic (exact) mass is 248 g/mol. The van der Waals surface area contributed by atoms with Crippen LogP contribution in [-0.4, -0.2) is 14.5 Å². The van der Waals surface area contributed by atoms with E-state index in [0.29, 0.717) is 0 Å². The molecule has 2 aromatic rings. The van der Waals surface area contributed by atoms with E-state index in [1.54, 1.807) is 24.6 Å². The maximum absolute atomic E-state index is 11.6. The lowest BCUT2D eigenvalue weighted by atomic mass is 10.3. The molecule has 1 unspecified atom stereocenters. The van der Waals surface area contributed by atoms with Crippen molar-refractivity contribution in [1.82, 2.24) is 14.5 Å². The highest BCUT2D eigenvalue weighted by atomic mass is 32.1. The van der Waals surface area contributed by atoms with E-state index in [2.05, 4.69) is 9.97 Å². The molecule has 0 fully saturated rings. The van der Waals surface area contributed by atoms with E-state index in [0.717, 1.165) is 5.01 Å². The van der Waals surface area contributed by atoms with Crippen molar-refractivity contribution in [2.45, 2.75) is 13.0 Å². The first kappa shape index (κ1) is 11.3. The molecule has 6 nitrogen and oxygen atoms in total. The normalized spacial score (nSPS) is 12.0. The standard InChI is InChI=1S/C10H8N4O2S/c1-6(9-12-2-3-17-9)14-5-7(4-11)8(15)13-10(14)16/h2-3,5-6H,1H3,(H,13,15,16). The SMILES string of the molecule is CC(c1nccs1)n1cc(C#N)c(=O)[nH]c1=O. The number of rotatable bonds is 2. The van der Waals surface area contributed by atoms with Crippen LogP contribution in [0.3, 0.4) is 0 Å². The highest BCUT2D eigenvalue weighted by Gasteiger charge is 2.13. The number of nitrogens with one attached hydrogen (secondary N) is 1. The highest BCUT2D eigenvalue weighted by Crippen LogP contribution is 2.17. The van der Waals surface area contributed by atoms with Crippen molar-refractivity contribution < 1.29 is 0 Å². The van der Waals surface area contributed by atoms with Gasteiger partial charge in [0.15, 0.2) is 0 Å². The van der Waals surface area contributed by atoms with Gasteiger partial charge in [0.25, 0.3) is 5.56 Å². The van der Waals surface area contributed by atoms with Gasteiger partial charge in [-0.05, 0) is 6.92 Å². The zero-order valence-electron chi connectivity index (χ0n) is 8.88. The first-order valence-corrected chi connectivity index (χ1v) is 5.66. The van der Waals surface area contributed by atoms with Gasteiger partial charge < -0.3 is 0 Å². The lowest BCUT2D eigenvalue weighted by molar-refractivity contribution is 0.590. The molecule has 0 amide bonds. The molecule has 0 saturated heterocycles. The van der Waals surface area contributed by atoms with Crippen LogP contribution in [0, 0.1) is 11.3 Å². The topological polar surface area (TPSA) is 91.5 Å². The largest absolute Gasteiger partial charge is 0.329 e. The van der Waals surface area contributed by atoms with E-state index in [-0.39, 0.29) is 11.6 Å². The average molecular weight is 248 g/mol. The Morgan fingerprint density at radius 3 is 2.94 bits per heavy atom. The Labute approximate surface area is 99.8 Å². The highest BCUT2D eigenvalue weighted by molar-refractivity contribution is 7.09. The van der Waals surface area contributed by atoms with E-state index >= 15 is 0 Å². The van der Waals surface area contributed by atoms with Crippen molar-refractivity contribution in [2.24, 2.45) is 0 Å². The second kappa shape index (κ2) is 4.35. The van der Waals surface area contributed by atoms with Crippen molar-refractivity contribution in [1.29, 1.82) is 5.26 Å². The van der Waals surface area contributed by atoms with Gasteiger partial charge in [-0.2, -0.15) is 5.26 Å². The summed E-state index contributed by atoms with van der Waals surface area (Å²) in [4.78, 5) is 29.1. The minimum atomic E-state index is -0.667. The van der Waals surface area contributed by atoms with Crippen LogP contribution >= 0.6 is 11.3 Å². The number of aromatic nitrogens is 3. The molecule has 7 heteroatoms. The van der Waals surface area contributed by atoms with Crippen molar-refractivity contribution in [3.05, 3.63) is 49.2 Å². The molecule has 2 aromatic heterocycles. The Balaban J connectivity index is 2.57. The van der Waals surface area contributed by atoms with Gasteiger partial charge in [-0.25, -0.2) is 9.78 Å². The van der Waals surface area contributed by atoms with Crippen molar-refractivity contribution in [3.63, 3.8) is 0 Å². The van der Waals surface area contributed by atoms with Gasteiger partial charge >= 0.3 is 5.69 Å². The van der Waals surface area contributed by atoms with E-state index in [1.165, 1.54) is 22.1 Å². The third-order valence-electron chi connectivity index (χ3n) is 2.31. The van der Waals surface area contributed by atoms with E-state index in [4.69, 9.17) is 5.26 Å². The quantitative estimate of drug-likeness (QED) is 0.836. The first-order chi connectivity index (χ1) is 8.13.